The van der Waals surface area contributed by atoms with Gasteiger partial charge in [0.25, 0.3) is 0 Å². The van der Waals surface area contributed by atoms with Crippen LogP contribution in [0.5, 0.6) is 11.5 Å². The molecule has 0 saturated heterocycles. The molecule has 0 radical (unpaired) electrons. The average molecular weight is 236 g/mol. The normalized spacial score (nSPS) is 10.1. The lowest BCUT2D eigenvalue weighted by Crippen LogP contribution is -1.99. The van der Waals surface area contributed by atoms with E-state index in [2.05, 4.69) is 6.08 Å². The summed E-state index contributed by atoms with van der Waals surface area (Å²) in [4.78, 5) is 0. The van der Waals surface area contributed by atoms with Crippen molar-refractivity contribution in [3.05, 3.63) is 34.9 Å². The fraction of sp³-hybridized carbons (Fsp3) is 0.429. The van der Waals surface area contributed by atoms with Gasteiger partial charge in [-0.15, -0.1) is 0 Å². The van der Waals surface area contributed by atoms with Gasteiger partial charge in [-0.05, 0) is 31.9 Å². The quantitative estimate of drug-likeness (QED) is 0.798. The minimum Gasteiger partial charge on any atom is -0.504 e. The number of benzene rings is 1. The topological polar surface area (TPSA) is 38.7 Å². The molecule has 1 rings (SSSR count). The van der Waals surface area contributed by atoms with Crippen molar-refractivity contribution in [3.8, 4) is 11.5 Å². The predicted molar refractivity (Wildman–Crippen MR) is 68.5 cm³/mol. The first-order chi connectivity index (χ1) is 8.10. The molecule has 0 spiro atoms. The highest BCUT2D eigenvalue weighted by Gasteiger charge is 2.12. The van der Waals surface area contributed by atoms with Crippen molar-refractivity contribution < 1.29 is 14.6 Å². The highest BCUT2D eigenvalue weighted by Crippen LogP contribution is 2.33. The Morgan fingerprint density at radius 3 is 2.53 bits per heavy atom. The largest absolute Gasteiger partial charge is 0.504 e. The SMILES string of the molecule is COCc1ccc(O)c(OC)c1CC=C(C)C. The molecule has 0 aliphatic heterocycles. The summed E-state index contributed by atoms with van der Waals surface area (Å²) in [6.07, 6.45) is 2.84. The molecule has 1 aromatic rings. The molecule has 0 aliphatic rings. The van der Waals surface area contributed by atoms with Crippen molar-refractivity contribution in [2.24, 2.45) is 0 Å². The number of phenolic OH excluding ortho intramolecular Hbond substituents is 1. The molecule has 0 fully saturated rings. The Bertz CT molecular complexity index is 404. The van der Waals surface area contributed by atoms with Gasteiger partial charge in [0, 0.05) is 12.7 Å². The van der Waals surface area contributed by atoms with E-state index in [1.165, 1.54) is 5.57 Å². The fourth-order valence-corrected chi connectivity index (χ4v) is 1.70. The lowest BCUT2D eigenvalue weighted by Gasteiger charge is -2.14. The molecule has 0 amide bonds. The summed E-state index contributed by atoms with van der Waals surface area (Å²) < 4.78 is 10.4. The van der Waals surface area contributed by atoms with Gasteiger partial charge in [0.15, 0.2) is 11.5 Å². The third-order valence-electron chi connectivity index (χ3n) is 2.56. The number of allylic oxidation sites excluding steroid dienone is 2. The number of hydrogen-bond acceptors (Lipinski definition) is 3. The van der Waals surface area contributed by atoms with E-state index in [0.29, 0.717) is 12.4 Å². The second-order valence-corrected chi connectivity index (χ2v) is 4.17. The molecule has 0 bridgehead atoms. The van der Waals surface area contributed by atoms with Crippen molar-refractivity contribution in [1.82, 2.24) is 0 Å². The Hall–Kier alpha value is -1.48. The lowest BCUT2D eigenvalue weighted by atomic mass is 10.0. The molecule has 17 heavy (non-hydrogen) atoms. The monoisotopic (exact) mass is 236 g/mol. The van der Waals surface area contributed by atoms with E-state index in [9.17, 15) is 5.11 Å². The summed E-state index contributed by atoms with van der Waals surface area (Å²) in [6, 6.07) is 3.51. The van der Waals surface area contributed by atoms with Gasteiger partial charge in [0.2, 0.25) is 0 Å². The first kappa shape index (κ1) is 13.6. The fourth-order valence-electron chi connectivity index (χ4n) is 1.70. The summed E-state index contributed by atoms with van der Waals surface area (Å²) in [5.74, 6) is 0.710. The van der Waals surface area contributed by atoms with Crippen LogP contribution in [0.2, 0.25) is 0 Å². The summed E-state index contributed by atoms with van der Waals surface area (Å²) >= 11 is 0. The van der Waals surface area contributed by atoms with E-state index in [-0.39, 0.29) is 5.75 Å². The molecular weight excluding hydrogens is 216 g/mol. The van der Waals surface area contributed by atoms with Crippen LogP contribution in [-0.2, 0) is 17.8 Å². The van der Waals surface area contributed by atoms with Crippen molar-refractivity contribution in [2.45, 2.75) is 26.9 Å². The van der Waals surface area contributed by atoms with Gasteiger partial charge in [-0.2, -0.15) is 0 Å². The average Bonchev–Trinajstić information content (AvgIpc) is 2.29. The van der Waals surface area contributed by atoms with Gasteiger partial charge in [0.05, 0.1) is 13.7 Å². The summed E-state index contributed by atoms with van der Waals surface area (Å²) in [5.41, 5.74) is 3.26. The molecule has 94 valence electrons. The molecular formula is C14H20O3. The number of aromatic hydroxyl groups is 1. The van der Waals surface area contributed by atoms with Crippen molar-refractivity contribution >= 4 is 0 Å². The Balaban J connectivity index is 3.18. The Morgan fingerprint density at radius 1 is 1.29 bits per heavy atom. The Morgan fingerprint density at radius 2 is 2.00 bits per heavy atom. The number of ether oxygens (including phenoxy) is 2. The van der Waals surface area contributed by atoms with Gasteiger partial charge in [-0.25, -0.2) is 0 Å². The zero-order valence-electron chi connectivity index (χ0n) is 10.9. The van der Waals surface area contributed by atoms with Crippen LogP contribution in [0.15, 0.2) is 23.8 Å². The molecule has 3 nitrogen and oxygen atoms in total. The minimum atomic E-state index is 0.171. The predicted octanol–water partition coefficient (Wildman–Crippen LogP) is 3.06. The van der Waals surface area contributed by atoms with Crippen molar-refractivity contribution in [2.75, 3.05) is 14.2 Å². The second kappa shape index (κ2) is 6.30. The summed E-state index contributed by atoms with van der Waals surface area (Å²) in [7, 11) is 3.22. The number of methoxy groups -OCH3 is 2. The van der Waals surface area contributed by atoms with Gasteiger partial charge >= 0.3 is 0 Å². The molecule has 0 aromatic heterocycles. The van der Waals surface area contributed by atoms with Gasteiger partial charge < -0.3 is 14.6 Å². The number of rotatable bonds is 5. The smallest absolute Gasteiger partial charge is 0.164 e. The molecule has 3 heteroatoms. The highest BCUT2D eigenvalue weighted by atomic mass is 16.5. The van der Waals surface area contributed by atoms with Gasteiger partial charge in [-0.1, -0.05) is 17.7 Å². The number of phenols is 1. The highest BCUT2D eigenvalue weighted by molar-refractivity contribution is 5.50. The van der Waals surface area contributed by atoms with Crippen LogP contribution in [0.25, 0.3) is 0 Å². The van der Waals surface area contributed by atoms with Crippen LogP contribution in [0, 0.1) is 0 Å². The van der Waals surface area contributed by atoms with E-state index in [1.807, 2.05) is 19.9 Å². The van der Waals surface area contributed by atoms with E-state index >= 15 is 0 Å². The van der Waals surface area contributed by atoms with Crippen molar-refractivity contribution in [3.63, 3.8) is 0 Å². The first-order valence-corrected chi connectivity index (χ1v) is 5.60. The zero-order chi connectivity index (χ0) is 12.8. The van der Waals surface area contributed by atoms with Crippen LogP contribution in [-0.4, -0.2) is 19.3 Å². The van der Waals surface area contributed by atoms with Crippen LogP contribution in [0.3, 0.4) is 0 Å². The van der Waals surface area contributed by atoms with Crippen LogP contribution >= 0.6 is 0 Å². The molecule has 0 unspecified atom stereocenters. The maximum Gasteiger partial charge on any atom is 0.164 e. The Kier molecular flexibility index (Phi) is 5.04. The maximum atomic E-state index is 9.76. The summed E-state index contributed by atoms with van der Waals surface area (Å²) in [6.45, 7) is 4.61. The number of hydrogen-bond donors (Lipinski definition) is 1. The second-order valence-electron chi connectivity index (χ2n) is 4.17. The third kappa shape index (κ3) is 3.49. The van der Waals surface area contributed by atoms with E-state index in [1.54, 1.807) is 20.3 Å². The van der Waals surface area contributed by atoms with E-state index in [4.69, 9.17) is 9.47 Å². The maximum absolute atomic E-state index is 9.76. The third-order valence-corrected chi connectivity index (χ3v) is 2.56. The minimum absolute atomic E-state index is 0.171. The van der Waals surface area contributed by atoms with E-state index in [0.717, 1.165) is 17.5 Å². The molecule has 1 aromatic carbocycles. The van der Waals surface area contributed by atoms with Gasteiger partial charge in [0.1, 0.15) is 0 Å². The van der Waals surface area contributed by atoms with Crippen LogP contribution < -0.4 is 4.74 Å². The van der Waals surface area contributed by atoms with Crippen LogP contribution in [0.1, 0.15) is 25.0 Å². The molecule has 0 heterocycles. The summed E-state index contributed by atoms with van der Waals surface area (Å²) in [5, 5.41) is 9.76. The van der Waals surface area contributed by atoms with Crippen molar-refractivity contribution in [1.29, 1.82) is 0 Å². The lowest BCUT2D eigenvalue weighted by molar-refractivity contribution is 0.183. The first-order valence-electron chi connectivity index (χ1n) is 5.60. The standard InChI is InChI=1S/C14H20O3/c1-10(2)5-7-12-11(9-16-3)6-8-13(15)14(12)17-4/h5-6,8,15H,7,9H2,1-4H3. The zero-order valence-corrected chi connectivity index (χ0v) is 10.9. The molecule has 1 N–H and O–H groups in total. The van der Waals surface area contributed by atoms with Crippen LogP contribution in [0.4, 0.5) is 0 Å². The Labute approximate surface area is 103 Å². The molecule has 0 atom stereocenters. The molecule has 0 saturated carbocycles. The van der Waals surface area contributed by atoms with E-state index < -0.39 is 0 Å². The molecule has 0 aliphatic carbocycles. The van der Waals surface area contributed by atoms with Gasteiger partial charge in [-0.3, -0.25) is 0 Å².